The van der Waals surface area contributed by atoms with Crippen LogP contribution in [0.1, 0.15) is 24.1 Å². The zero-order valence-electron chi connectivity index (χ0n) is 19.7. The zero-order valence-corrected chi connectivity index (χ0v) is 19.7. The number of ether oxygens (including phenoxy) is 1. The molecule has 2 aromatic rings. The van der Waals surface area contributed by atoms with Crippen molar-refractivity contribution in [1.29, 1.82) is 0 Å². The maximum Gasteiger partial charge on any atom is 0.323 e. The lowest BCUT2D eigenvalue weighted by atomic mass is 9.97. The Morgan fingerprint density at radius 3 is 2.49 bits per heavy atom. The van der Waals surface area contributed by atoms with Crippen molar-refractivity contribution in [2.24, 2.45) is 0 Å². The number of nitrogens with zero attached hydrogens (tertiary/aromatic N) is 1. The van der Waals surface area contributed by atoms with Gasteiger partial charge in [0.2, 0.25) is 5.91 Å². The molecule has 0 fully saturated rings. The fourth-order valence-electron chi connectivity index (χ4n) is 3.57. The van der Waals surface area contributed by atoms with Gasteiger partial charge in [0.05, 0.1) is 18.8 Å². The Hall–Kier alpha value is -4.53. The van der Waals surface area contributed by atoms with Crippen LogP contribution in [0.2, 0.25) is 0 Å². The number of aryl methyl sites for hydroxylation is 1. The standard InChI is InChI=1S/C26H28N4O5/c1-17-8-4-5-10-21(17)28-26(34)29-22-12-11-19(14-23(22)35-3)25(27-18(2)31)20-9-6-7-13-30(15-20)16-24(32)33/h4-15,25H,16H2,1-3H3,(H,27,31)(H,32,33)(H2,28,29,34). The highest BCUT2D eigenvalue weighted by molar-refractivity contribution is 6.01. The quantitative estimate of drug-likeness (QED) is 0.454. The minimum absolute atomic E-state index is 0.226. The van der Waals surface area contributed by atoms with Crippen molar-refractivity contribution in [2.75, 3.05) is 24.3 Å². The lowest BCUT2D eigenvalue weighted by Crippen LogP contribution is -2.28. The van der Waals surface area contributed by atoms with Crippen LogP contribution >= 0.6 is 0 Å². The number of anilines is 2. The number of carboxylic acids is 1. The number of para-hydroxylation sites is 1. The number of amides is 3. The van der Waals surface area contributed by atoms with Gasteiger partial charge in [-0.05, 0) is 47.9 Å². The van der Waals surface area contributed by atoms with E-state index >= 15 is 0 Å². The second-order valence-electron chi connectivity index (χ2n) is 7.88. The summed E-state index contributed by atoms with van der Waals surface area (Å²) in [6.45, 7) is 3.08. The molecule has 0 aliphatic carbocycles. The van der Waals surface area contributed by atoms with Gasteiger partial charge >= 0.3 is 12.0 Å². The number of carbonyl (C=O) groups is 3. The minimum Gasteiger partial charge on any atom is -0.495 e. The summed E-state index contributed by atoms with van der Waals surface area (Å²) in [5, 5.41) is 17.7. The molecule has 1 aliphatic rings. The summed E-state index contributed by atoms with van der Waals surface area (Å²) >= 11 is 0. The molecule has 1 unspecified atom stereocenters. The Balaban J connectivity index is 1.88. The Morgan fingerprint density at radius 2 is 1.80 bits per heavy atom. The molecule has 0 saturated heterocycles. The van der Waals surface area contributed by atoms with Crippen LogP contribution in [0.15, 0.2) is 78.7 Å². The summed E-state index contributed by atoms with van der Waals surface area (Å²) in [6, 6.07) is 11.6. The van der Waals surface area contributed by atoms with E-state index in [1.807, 2.05) is 31.2 Å². The normalized spacial score (nSPS) is 13.3. The third kappa shape index (κ3) is 6.97. The lowest BCUT2D eigenvalue weighted by Gasteiger charge is -2.23. The molecule has 0 spiro atoms. The first-order valence-electron chi connectivity index (χ1n) is 10.9. The fraction of sp³-hybridized carbons (Fsp3) is 0.192. The molecule has 3 rings (SSSR count). The van der Waals surface area contributed by atoms with E-state index in [4.69, 9.17) is 4.74 Å². The molecule has 1 heterocycles. The second kappa shape index (κ2) is 11.6. The largest absolute Gasteiger partial charge is 0.495 e. The van der Waals surface area contributed by atoms with Gasteiger partial charge < -0.3 is 30.7 Å². The van der Waals surface area contributed by atoms with E-state index in [1.165, 1.54) is 18.9 Å². The monoisotopic (exact) mass is 476 g/mol. The summed E-state index contributed by atoms with van der Waals surface area (Å²) in [4.78, 5) is 37.3. The van der Waals surface area contributed by atoms with Crippen molar-refractivity contribution in [1.82, 2.24) is 10.2 Å². The second-order valence-corrected chi connectivity index (χ2v) is 7.88. The molecule has 3 amide bonds. The smallest absolute Gasteiger partial charge is 0.323 e. The summed E-state index contributed by atoms with van der Waals surface area (Å²) in [7, 11) is 1.49. The van der Waals surface area contributed by atoms with Crippen LogP contribution in [-0.2, 0) is 9.59 Å². The van der Waals surface area contributed by atoms with Crippen LogP contribution in [0, 0.1) is 6.92 Å². The average Bonchev–Trinajstić information content (AvgIpc) is 3.04. The summed E-state index contributed by atoms with van der Waals surface area (Å²) in [6.07, 6.45) is 8.60. The first kappa shape index (κ1) is 25.1. The highest BCUT2D eigenvalue weighted by Gasteiger charge is 2.20. The number of allylic oxidation sites excluding steroid dienone is 2. The predicted molar refractivity (Wildman–Crippen MR) is 134 cm³/mol. The average molecular weight is 477 g/mol. The van der Waals surface area contributed by atoms with Gasteiger partial charge in [-0.25, -0.2) is 4.79 Å². The number of carboxylic acid groups (broad SMARTS) is 1. The van der Waals surface area contributed by atoms with Crippen LogP contribution in [0.3, 0.4) is 0 Å². The van der Waals surface area contributed by atoms with Gasteiger partial charge in [-0.1, -0.05) is 36.4 Å². The van der Waals surface area contributed by atoms with E-state index in [1.54, 1.807) is 48.8 Å². The van der Waals surface area contributed by atoms with Gasteiger partial charge in [-0.2, -0.15) is 0 Å². The molecule has 0 bridgehead atoms. The number of aliphatic carboxylic acids is 1. The molecule has 9 nitrogen and oxygen atoms in total. The SMILES string of the molecule is COc1cc(C(NC(C)=O)C2=CN(CC(=O)O)C=CC=C2)ccc1NC(=O)Nc1ccccc1C. The van der Waals surface area contributed by atoms with Crippen LogP contribution < -0.4 is 20.7 Å². The van der Waals surface area contributed by atoms with Crippen molar-refractivity contribution >= 4 is 29.3 Å². The molecule has 4 N–H and O–H groups in total. The predicted octanol–water partition coefficient (Wildman–Crippen LogP) is 4.18. The molecule has 1 aliphatic heterocycles. The van der Waals surface area contributed by atoms with E-state index in [2.05, 4.69) is 16.0 Å². The van der Waals surface area contributed by atoms with Gasteiger partial charge in [-0.3, -0.25) is 9.59 Å². The number of urea groups is 1. The Morgan fingerprint density at radius 1 is 1.06 bits per heavy atom. The van der Waals surface area contributed by atoms with Gasteiger partial charge in [-0.15, -0.1) is 0 Å². The van der Waals surface area contributed by atoms with E-state index in [0.29, 0.717) is 28.3 Å². The zero-order chi connectivity index (χ0) is 25.4. The number of nitrogens with one attached hydrogen (secondary N) is 3. The Kier molecular flexibility index (Phi) is 8.29. The van der Waals surface area contributed by atoms with Crippen molar-refractivity contribution in [2.45, 2.75) is 19.9 Å². The number of rotatable bonds is 8. The number of hydrogen-bond donors (Lipinski definition) is 4. The first-order chi connectivity index (χ1) is 16.8. The molecule has 35 heavy (non-hydrogen) atoms. The molecule has 182 valence electrons. The third-order valence-electron chi connectivity index (χ3n) is 5.19. The van der Waals surface area contributed by atoms with Gasteiger partial charge in [0, 0.05) is 25.0 Å². The molecule has 0 saturated carbocycles. The summed E-state index contributed by atoms with van der Waals surface area (Å²) in [5.74, 6) is -0.842. The maximum absolute atomic E-state index is 12.6. The number of benzene rings is 2. The van der Waals surface area contributed by atoms with Crippen molar-refractivity contribution < 1.29 is 24.2 Å². The molecule has 9 heteroatoms. The van der Waals surface area contributed by atoms with Crippen molar-refractivity contribution in [3.8, 4) is 5.75 Å². The number of methoxy groups -OCH3 is 1. The third-order valence-corrected chi connectivity index (χ3v) is 5.19. The fourth-order valence-corrected chi connectivity index (χ4v) is 3.57. The van der Waals surface area contributed by atoms with E-state index in [0.717, 1.165) is 5.56 Å². The van der Waals surface area contributed by atoms with Crippen molar-refractivity contribution in [3.63, 3.8) is 0 Å². The van der Waals surface area contributed by atoms with E-state index in [-0.39, 0.29) is 12.5 Å². The number of carbonyl (C=O) groups excluding carboxylic acids is 2. The summed E-state index contributed by atoms with van der Waals surface area (Å²) in [5.41, 5.74) is 3.43. The van der Waals surface area contributed by atoms with Crippen molar-refractivity contribution in [3.05, 3.63) is 89.8 Å². The van der Waals surface area contributed by atoms with E-state index in [9.17, 15) is 19.5 Å². The minimum atomic E-state index is -0.982. The molecular formula is C26H28N4O5. The van der Waals surface area contributed by atoms with Crippen LogP contribution in [0.5, 0.6) is 5.75 Å². The lowest BCUT2D eigenvalue weighted by molar-refractivity contribution is -0.137. The highest BCUT2D eigenvalue weighted by Crippen LogP contribution is 2.32. The van der Waals surface area contributed by atoms with Gasteiger partial charge in [0.25, 0.3) is 0 Å². The maximum atomic E-state index is 12.6. The molecule has 2 aromatic carbocycles. The van der Waals surface area contributed by atoms with E-state index < -0.39 is 18.0 Å². The molecule has 0 aromatic heterocycles. The topological polar surface area (TPSA) is 120 Å². The molecule has 0 radical (unpaired) electrons. The summed E-state index contributed by atoms with van der Waals surface area (Å²) < 4.78 is 5.51. The van der Waals surface area contributed by atoms with Gasteiger partial charge in [0.1, 0.15) is 12.3 Å². The first-order valence-corrected chi connectivity index (χ1v) is 10.9. The Bertz CT molecular complexity index is 1200. The Labute approximate surface area is 203 Å². The van der Waals surface area contributed by atoms with Gasteiger partial charge in [0.15, 0.2) is 0 Å². The molecular weight excluding hydrogens is 448 g/mol. The van der Waals surface area contributed by atoms with Crippen LogP contribution in [-0.4, -0.2) is 41.6 Å². The highest BCUT2D eigenvalue weighted by atomic mass is 16.5. The van der Waals surface area contributed by atoms with Crippen LogP contribution in [0.25, 0.3) is 0 Å². The molecule has 1 atom stereocenters. The van der Waals surface area contributed by atoms with Crippen LogP contribution in [0.4, 0.5) is 16.2 Å². The number of hydrogen-bond acceptors (Lipinski definition) is 5.